The first-order chi connectivity index (χ1) is 11.2. The quantitative estimate of drug-likeness (QED) is 0.737. The number of nitrogens with zero attached hydrogens (tertiary/aromatic N) is 4. The van der Waals surface area contributed by atoms with Crippen LogP contribution in [-0.2, 0) is 0 Å². The molecular weight excluding hydrogens is 334 g/mol. The molecule has 0 aliphatic rings. The van der Waals surface area contributed by atoms with Gasteiger partial charge in [0.25, 0.3) is 5.91 Å². The summed E-state index contributed by atoms with van der Waals surface area (Å²) in [6.45, 7) is 0. The number of hydrogen-bond donors (Lipinski definition) is 1. The molecule has 0 unspecified atom stereocenters. The molecule has 0 saturated heterocycles. The van der Waals surface area contributed by atoms with Crippen LogP contribution in [0.4, 0.5) is 5.13 Å². The Morgan fingerprint density at radius 3 is 2.70 bits per heavy atom. The zero-order valence-corrected chi connectivity index (χ0v) is 13.1. The van der Waals surface area contributed by atoms with Gasteiger partial charge in [-0.15, -0.1) is 0 Å². The highest BCUT2D eigenvalue weighted by Gasteiger charge is 2.15. The zero-order valence-electron chi connectivity index (χ0n) is 11.5. The molecule has 3 aromatic heterocycles. The van der Waals surface area contributed by atoms with Gasteiger partial charge in [-0.2, -0.15) is 5.26 Å². The summed E-state index contributed by atoms with van der Waals surface area (Å²) in [6.07, 6.45) is 4.61. The van der Waals surface area contributed by atoms with Crippen LogP contribution in [-0.4, -0.2) is 20.9 Å². The second-order valence-corrected chi connectivity index (χ2v) is 5.75. The lowest BCUT2D eigenvalue weighted by atomic mass is 10.2. The SMILES string of the molecule is N#Cc1sc(NC(=O)c2ccc(Cl)nc2)nc1-c1ccncc1. The maximum Gasteiger partial charge on any atom is 0.259 e. The lowest BCUT2D eigenvalue weighted by Gasteiger charge is -2.01. The average molecular weight is 342 g/mol. The van der Waals surface area contributed by atoms with Crippen molar-refractivity contribution in [2.45, 2.75) is 0 Å². The number of nitrogens with one attached hydrogen (secondary N) is 1. The maximum atomic E-state index is 12.2. The number of carbonyl (C=O) groups is 1. The molecule has 0 bridgehead atoms. The van der Waals surface area contributed by atoms with E-state index >= 15 is 0 Å². The van der Waals surface area contributed by atoms with E-state index in [0.717, 1.165) is 16.9 Å². The van der Waals surface area contributed by atoms with Crippen LogP contribution in [0.3, 0.4) is 0 Å². The predicted molar refractivity (Wildman–Crippen MR) is 87.3 cm³/mol. The van der Waals surface area contributed by atoms with E-state index in [-0.39, 0.29) is 5.91 Å². The van der Waals surface area contributed by atoms with Crippen molar-refractivity contribution in [3.8, 4) is 17.3 Å². The van der Waals surface area contributed by atoms with Crippen molar-refractivity contribution >= 4 is 34.0 Å². The minimum atomic E-state index is -0.367. The molecular formula is C15H8ClN5OS. The first-order valence-corrected chi connectivity index (χ1v) is 7.61. The monoisotopic (exact) mass is 341 g/mol. The molecule has 8 heteroatoms. The van der Waals surface area contributed by atoms with E-state index in [9.17, 15) is 10.1 Å². The van der Waals surface area contributed by atoms with Gasteiger partial charge in [0.1, 0.15) is 21.8 Å². The van der Waals surface area contributed by atoms with Crippen molar-refractivity contribution < 1.29 is 4.79 Å². The molecule has 1 N–H and O–H groups in total. The molecule has 3 aromatic rings. The van der Waals surface area contributed by atoms with Gasteiger partial charge in [-0.1, -0.05) is 22.9 Å². The number of halogens is 1. The Kier molecular flexibility index (Phi) is 4.28. The Morgan fingerprint density at radius 1 is 1.26 bits per heavy atom. The minimum absolute atomic E-state index is 0.308. The largest absolute Gasteiger partial charge is 0.298 e. The van der Waals surface area contributed by atoms with E-state index in [4.69, 9.17) is 11.6 Å². The number of nitriles is 1. The van der Waals surface area contributed by atoms with Crippen LogP contribution < -0.4 is 5.32 Å². The van der Waals surface area contributed by atoms with Crippen LogP contribution in [0.5, 0.6) is 0 Å². The first-order valence-electron chi connectivity index (χ1n) is 6.41. The van der Waals surface area contributed by atoms with Gasteiger partial charge in [0.05, 0.1) is 5.56 Å². The molecule has 0 aliphatic heterocycles. The van der Waals surface area contributed by atoms with E-state index in [0.29, 0.717) is 26.4 Å². The van der Waals surface area contributed by atoms with Crippen LogP contribution >= 0.6 is 22.9 Å². The highest BCUT2D eigenvalue weighted by molar-refractivity contribution is 7.16. The van der Waals surface area contributed by atoms with E-state index in [2.05, 4.69) is 26.3 Å². The van der Waals surface area contributed by atoms with Crippen molar-refractivity contribution in [1.82, 2.24) is 15.0 Å². The third kappa shape index (κ3) is 3.34. The molecule has 1 amide bonds. The van der Waals surface area contributed by atoms with Crippen LogP contribution in [0.25, 0.3) is 11.3 Å². The summed E-state index contributed by atoms with van der Waals surface area (Å²) < 4.78 is 0. The number of carbonyl (C=O) groups excluding carboxylic acids is 1. The Hall–Kier alpha value is -2.82. The van der Waals surface area contributed by atoms with Gasteiger partial charge in [0.2, 0.25) is 0 Å². The van der Waals surface area contributed by atoms with Crippen LogP contribution in [0.15, 0.2) is 42.9 Å². The second-order valence-electron chi connectivity index (χ2n) is 4.37. The molecule has 6 nitrogen and oxygen atoms in total. The fourth-order valence-electron chi connectivity index (χ4n) is 1.83. The van der Waals surface area contributed by atoms with Crippen LogP contribution in [0.2, 0.25) is 5.15 Å². The lowest BCUT2D eigenvalue weighted by molar-refractivity contribution is 0.102. The number of aromatic nitrogens is 3. The molecule has 0 aromatic carbocycles. The summed E-state index contributed by atoms with van der Waals surface area (Å²) in [4.78, 5) is 24.7. The van der Waals surface area contributed by atoms with Gasteiger partial charge >= 0.3 is 0 Å². The molecule has 0 radical (unpaired) electrons. The number of amides is 1. The molecule has 0 saturated carbocycles. The Bertz CT molecular complexity index is 886. The van der Waals surface area contributed by atoms with Gasteiger partial charge in [-0.3, -0.25) is 15.1 Å². The number of pyridine rings is 2. The maximum absolute atomic E-state index is 12.2. The smallest absolute Gasteiger partial charge is 0.259 e. The van der Waals surface area contributed by atoms with Crippen LogP contribution in [0, 0.1) is 11.3 Å². The van der Waals surface area contributed by atoms with Crippen molar-refractivity contribution in [3.05, 3.63) is 58.4 Å². The summed E-state index contributed by atoms with van der Waals surface area (Å²) >= 11 is 6.80. The molecule has 3 heterocycles. The molecule has 0 atom stereocenters. The number of thiazole rings is 1. The van der Waals surface area contributed by atoms with Crippen molar-refractivity contribution in [2.24, 2.45) is 0 Å². The Balaban J connectivity index is 1.87. The highest BCUT2D eigenvalue weighted by atomic mass is 35.5. The van der Waals surface area contributed by atoms with Crippen molar-refractivity contribution in [2.75, 3.05) is 5.32 Å². The summed E-state index contributed by atoms with van der Waals surface area (Å²) in [5.74, 6) is -0.367. The topological polar surface area (TPSA) is 91.6 Å². The van der Waals surface area contributed by atoms with E-state index in [1.807, 2.05) is 0 Å². The molecule has 0 aliphatic carbocycles. The second kappa shape index (κ2) is 6.52. The van der Waals surface area contributed by atoms with Gasteiger partial charge in [-0.05, 0) is 24.3 Å². The highest BCUT2D eigenvalue weighted by Crippen LogP contribution is 2.30. The van der Waals surface area contributed by atoms with Crippen molar-refractivity contribution in [3.63, 3.8) is 0 Å². The minimum Gasteiger partial charge on any atom is -0.298 e. The van der Waals surface area contributed by atoms with Gasteiger partial charge in [-0.25, -0.2) is 9.97 Å². The summed E-state index contributed by atoms with van der Waals surface area (Å²) in [5.41, 5.74) is 1.64. The molecule has 112 valence electrons. The van der Waals surface area contributed by atoms with E-state index < -0.39 is 0 Å². The molecule has 23 heavy (non-hydrogen) atoms. The molecule has 3 rings (SSSR count). The Morgan fingerprint density at radius 2 is 2.04 bits per heavy atom. The number of anilines is 1. The number of hydrogen-bond acceptors (Lipinski definition) is 6. The van der Waals surface area contributed by atoms with E-state index in [1.54, 1.807) is 30.6 Å². The van der Waals surface area contributed by atoms with Gasteiger partial charge in [0.15, 0.2) is 5.13 Å². The fourth-order valence-corrected chi connectivity index (χ4v) is 2.73. The van der Waals surface area contributed by atoms with Gasteiger partial charge < -0.3 is 0 Å². The Labute approximate surface area is 140 Å². The summed E-state index contributed by atoms with van der Waals surface area (Å²) in [7, 11) is 0. The first kappa shape index (κ1) is 15.1. The average Bonchev–Trinajstić information content (AvgIpc) is 2.99. The van der Waals surface area contributed by atoms with Gasteiger partial charge in [0, 0.05) is 24.2 Å². The van der Waals surface area contributed by atoms with E-state index in [1.165, 1.54) is 12.3 Å². The van der Waals surface area contributed by atoms with Crippen molar-refractivity contribution in [1.29, 1.82) is 5.26 Å². The molecule has 0 fully saturated rings. The number of rotatable bonds is 3. The summed E-state index contributed by atoms with van der Waals surface area (Å²) in [6, 6.07) is 8.69. The van der Waals surface area contributed by atoms with Crippen LogP contribution in [0.1, 0.15) is 15.2 Å². The third-order valence-electron chi connectivity index (χ3n) is 2.89. The fraction of sp³-hybridized carbons (Fsp3) is 0. The zero-order chi connectivity index (χ0) is 16.2. The standard InChI is InChI=1S/C15H8ClN5OS/c16-12-2-1-10(8-19-12)14(22)21-15-20-13(11(7-17)23-15)9-3-5-18-6-4-9/h1-6,8H,(H,20,21,22). The summed E-state index contributed by atoms with van der Waals surface area (Å²) in [5, 5.41) is 12.6. The predicted octanol–water partition coefficient (Wildman–Crippen LogP) is 3.38. The normalized spacial score (nSPS) is 10.1. The molecule has 0 spiro atoms. The lowest BCUT2D eigenvalue weighted by Crippen LogP contribution is -2.11. The third-order valence-corrected chi connectivity index (χ3v) is 3.99.